The summed E-state index contributed by atoms with van der Waals surface area (Å²) in [6, 6.07) is 1.08. The number of allylic oxidation sites excluding steroid dienone is 3. The highest BCUT2D eigenvalue weighted by molar-refractivity contribution is 5.62. The van der Waals surface area contributed by atoms with Gasteiger partial charge in [0.25, 0.3) is 0 Å². The van der Waals surface area contributed by atoms with Gasteiger partial charge in [-0.25, -0.2) is 4.99 Å². The SMILES string of the molecule is CC.CC1CN(C2=CC=CCC=N2)CC(C)N1. The molecule has 2 unspecified atom stereocenters. The van der Waals surface area contributed by atoms with E-state index >= 15 is 0 Å². The molecular formula is C14H25N3. The third-order valence-electron chi connectivity index (χ3n) is 2.73. The van der Waals surface area contributed by atoms with Gasteiger partial charge in [-0.2, -0.15) is 0 Å². The van der Waals surface area contributed by atoms with Crippen LogP contribution in [0.15, 0.2) is 29.0 Å². The zero-order valence-electron chi connectivity index (χ0n) is 11.5. The van der Waals surface area contributed by atoms with Crippen LogP contribution in [0.3, 0.4) is 0 Å². The van der Waals surface area contributed by atoms with Crippen molar-refractivity contribution < 1.29 is 0 Å². The molecule has 0 aliphatic carbocycles. The number of piperazine rings is 1. The first kappa shape index (κ1) is 14.0. The zero-order valence-corrected chi connectivity index (χ0v) is 11.5. The molecule has 3 heteroatoms. The van der Waals surface area contributed by atoms with Crippen molar-refractivity contribution in [1.82, 2.24) is 10.2 Å². The Bertz CT molecular complexity index is 295. The third-order valence-corrected chi connectivity index (χ3v) is 2.73. The Balaban J connectivity index is 0.000000686. The van der Waals surface area contributed by atoms with Gasteiger partial charge < -0.3 is 10.2 Å². The Hall–Kier alpha value is -1.09. The molecule has 2 rings (SSSR count). The van der Waals surface area contributed by atoms with E-state index < -0.39 is 0 Å². The van der Waals surface area contributed by atoms with Crippen LogP contribution in [-0.2, 0) is 0 Å². The van der Waals surface area contributed by atoms with Gasteiger partial charge in [0.1, 0.15) is 5.82 Å². The van der Waals surface area contributed by atoms with Gasteiger partial charge in [0, 0.05) is 37.8 Å². The summed E-state index contributed by atoms with van der Waals surface area (Å²) in [5.74, 6) is 1.10. The summed E-state index contributed by atoms with van der Waals surface area (Å²) in [5, 5.41) is 3.53. The van der Waals surface area contributed by atoms with Gasteiger partial charge in [-0.05, 0) is 19.9 Å². The van der Waals surface area contributed by atoms with Crippen LogP contribution in [0.4, 0.5) is 0 Å². The van der Waals surface area contributed by atoms with Crippen LogP contribution in [0.1, 0.15) is 34.1 Å². The van der Waals surface area contributed by atoms with Crippen molar-refractivity contribution >= 4 is 6.21 Å². The van der Waals surface area contributed by atoms with Crippen molar-refractivity contribution in [1.29, 1.82) is 0 Å². The largest absolute Gasteiger partial charge is 0.354 e. The fourth-order valence-electron chi connectivity index (χ4n) is 2.18. The molecule has 0 amide bonds. The number of aliphatic imine (C=N–C) groups is 1. The minimum absolute atomic E-state index is 0.539. The standard InChI is InChI=1S/C12H19N3.C2H6/c1-10-8-15(9-11(2)14-10)12-6-4-3-5-7-13-12;1-2/h3-4,6-7,10-11,14H,5,8-9H2,1-2H3;1-2H3. The first-order valence-electron chi connectivity index (χ1n) is 6.66. The molecule has 2 aliphatic heterocycles. The van der Waals surface area contributed by atoms with Gasteiger partial charge in [0.05, 0.1) is 0 Å². The van der Waals surface area contributed by atoms with Crippen molar-refractivity contribution in [2.45, 2.75) is 46.2 Å². The molecule has 2 heterocycles. The van der Waals surface area contributed by atoms with Crippen molar-refractivity contribution in [2.24, 2.45) is 4.99 Å². The van der Waals surface area contributed by atoms with E-state index in [0.717, 1.165) is 25.3 Å². The fourth-order valence-corrected chi connectivity index (χ4v) is 2.18. The van der Waals surface area contributed by atoms with E-state index in [1.54, 1.807) is 0 Å². The lowest BCUT2D eigenvalue weighted by Gasteiger charge is -2.37. The maximum absolute atomic E-state index is 4.49. The Kier molecular flexibility index (Phi) is 5.98. The van der Waals surface area contributed by atoms with Gasteiger partial charge >= 0.3 is 0 Å². The van der Waals surface area contributed by atoms with E-state index in [1.165, 1.54) is 0 Å². The Morgan fingerprint density at radius 3 is 2.53 bits per heavy atom. The van der Waals surface area contributed by atoms with Gasteiger partial charge in [0.2, 0.25) is 0 Å². The Morgan fingerprint density at radius 2 is 1.88 bits per heavy atom. The van der Waals surface area contributed by atoms with Gasteiger partial charge in [-0.3, -0.25) is 0 Å². The summed E-state index contributed by atoms with van der Waals surface area (Å²) in [4.78, 5) is 6.85. The van der Waals surface area contributed by atoms with Crippen LogP contribution in [0.2, 0.25) is 0 Å². The summed E-state index contributed by atoms with van der Waals surface area (Å²) in [6.45, 7) is 10.5. The molecular weight excluding hydrogens is 210 g/mol. The first-order valence-corrected chi connectivity index (χ1v) is 6.66. The van der Waals surface area contributed by atoms with Crippen LogP contribution >= 0.6 is 0 Å². The minimum Gasteiger partial charge on any atom is -0.354 e. The van der Waals surface area contributed by atoms with Crippen LogP contribution in [-0.4, -0.2) is 36.3 Å². The zero-order chi connectivity index (χ0) is 12.7. The lowest BCUT2D eigenvalue weighted by molar-refractivity contribution is 0.213. The number of nitrogens with zero attached hydrogens (tertiary/aromatic N) is 2. The molecule has 0 spiro atoms. The lowest BCUT2D eigenvalue weighted by Crippen LogP contribution is -2.53. The molecule has 1 N–H and O–H groups in total. The maximum atomic E-state index is 4.49. The predicted molar refractivity (Wildman–Crippen MR) is 75.3 cm³/mol. The van der Waals surface area contributed by atoms with E-state index in [0.29, 0.717) is 12.1 Å². The molecule has 0 saturated carbocycles. The van der Waals surface area contributed by atoms with Gasteiger partial charge in [-0.15, -0.1) is 0 Å². The van der Waals surface area contributed by atoms with Crippen molar-refractivity contribution in [3.8, 4) is 0 Å². The van der Waals surface area contributed by atoms with E-state index in [4.69, 9.17) is 0 Å². The Labute approximate surface area is 105 Å². The molecule has 3 nitrogen and oxygen atoms in total. The van der Waals surface area contributed by atoms with Crippen LogP contribution in [0.5, 0.6) is 0 Å². The molecule has 0 aromatic heterocycles. The molecule has 0 aromatic rings. The summed E-state index contributed by atoms with van der Waals surface area (Å²) in [6.07, 6.45) is 9.25. The van der Waals surface area contributed by atoms with E-state index in [1.807, 2.05) is 20.1 Å². The molecule has 0 radical (unpaired) electrons. The van der Waals surface area contributed by atoms with Gasteiger partial charge in [0.15, 0.2) is 0 Å². The third kappa shape index (κ3) is 4.35. The molecule has 1 saturated heterocycles. The number of nitrogens with one attached hydrogen (secondary N) is 1. The summed E-state index contributed by atoms with van der Waals surface area (Å²) >= 11 is 0. The number of hydrogen-bond acceptors (Lipinski definition) is 3. The topological polar surface area (TPSA) is 27.6 Å². The average molecular weight is 235 g/mol. The molecule has 1 fully saturated rings. The molecule has 96 valence electrons. The van der Waals surface area contributed by atoms with Crippen molar-refractivity contribution in [3.63, 3.8) is 0 Å². The molecule has 0 bridgehead atoms. The quantitative estimate of drug-likeness (QED) is 0.756. The average Bonchev–Trinajstić information content (AvgIpc) is 2.59. The monoisotopic (exact) mass is 235 g/mol. The second kappa shape index (κ2) is 7.28. The van der Waals surface area contributed by atoms with Crippen LogP contribution < -0.4 is 5.32 Å². The number of rotatable bonds is 1. The molecule has 0 aromatic carbocycles. The first-order chi connectivity index (χ1) is 8.25. The summed E-state index contributed by atoms with van der Waals surface area (Å²) in [7, 11) is 0. The fraction of sp³-hybridized carbons (Fsp3) is 0.643. The van der Waals surface area contributed by atoms with Crippen molar-refractivity contribution in [2.75, 3.05) is 13.1 Å². The van der Waals surface area contributed by atoms with Crippen LogP contribution in [0, 0.1) is 0 Å². The summed E-state index contributed by atoms with van der Waals surface area (Å²) in [5.41, 5.74) is 0. The highest BCUT2D eigenvalue weighted by atomic mass is 15.3. The molecule has 2 aliphatic rings. The van der Waals surface area contributed by atoms with E-state index in [9.17, 15) is 0 Å². The lowest BCUT2D eigenvalue weighted by atomic mass is 10.1. The highest BCUT2D eigenvalue weighted by Gasteiger charge is 2.21. The van der Waals surface area contributed by atoms with Crippen LogP contribution in [0.25, 0.3) is 0 Å². The number of hydrogen-bond donors (Lipinski definition) is 1. The molecule has 2 atom stereocenters. The highest BCUT2D eigenvalue weighted by Crippen LogP contribution is 2.14. The van der Waals surface area contributed by atoms with E-state index in [2.05, 4.69) is 47.3 Å². The maximum Gasteiger partial charge on any atom is 0.128 e. The second-order valence-electron chi connectivity index (χ2n) is 4.37. The predicted octanol–water partition coefficient (Wildman–Crippen LogP) is 2.57. The smallest absolute Gasteiger partial charge is 0.128 e. The summed E-state index contributed by atoms with van der Waals surface area (Å²) < 4.78 is 0. The van der Waals surface area contributed by atoms with Crippen molar-refractivity contribution in [3.05, 3.63) is 24.0 Å². The molecule has 17 heavy (non-hydrogen) atoms. The minimum atomic E-state index is 0.539. The Morgan fingerprint density at radius 1 is 1.24 bits per heavy atom. The van der Waals surface area contributed by atoms with E-state index in [-0.39, 0.29) is 0 Å². The normalized spacial score (nSPS) is 28.0. The second-order valence-corrected chi connectivity index (χ2v) is 4.37. The van der Waals surface area contributed by atoms with Gasteiger partial charge in [-0.1, -0.05) is 26.0 Å².